The Hall–Kier alpha value is -0.300. The van der Waals surface area contributed by atoms with Crippen molar-refractivity contribution in [2.75, 3.05) is 0 Å². The van der Waals surface area contributed by atoms with E-state index in [1.54, 1.807) is 0 Å². The van der Waals surface area contributed by atoms with Gasteiger partial charge in [-0.2, -0.15) is 0 Å². The molecule has 1 nitrogen and oxygen atoms in total. The van der Waals surface area contributed by atoms with Gasteiger partial charge in [-0.15, -0.1) is 0 Å². The molecule has 0 aliphatic heterocycles. The van der Waals surface area contributed by atoms with E-state index in [4.69, 9.17) is 0 Å². The zero-order valence-corrected chi connectivity index (χ0v) is 8.01. The Labute approximate surface area is 74.5 Å². The molecule has 2 aliphatic carbocycles. The normalized spacial score (nSPS) is 52.4. The Morgan fingerprint density at radius 1 is 1.33 bits per heavy atom. The Balaban J connectivity index is 2.39. The van der Waals surface area contributed by atoms with Crippen molar-refractivity contribution >= 4 is 0 Å². The van der Waals surface area contributed by atoms with Gasteiger partial charge in [0.1, 0.15) is 0 Å². The maximum absolute atomic E-state index is 9.91. The van der Waals surface area contributed by atoms with Crippen LogP contribution in [-0.2, 0) is 0 Å². The van der Waals surface area contributed by atoms with Crippen LogP contribution in [0.2, 0.25) is 0 Å². The molecule has 2 aliphatic rings. The highest BCUT2D eigenvalue weighted by molar-refractivity contribution is 5.16. The van der Waals surface area contributed by atoms with Crippen molar-refractivity contribution in [1.82, 2.24) is 0 Å². The monoisotopic (exact) mass is 166 g/mol. The lowest BCUT2D eigenvalue weighted by molar-refractivity contribution is 0.00680. The summed E-state index contributed by atoms with van der Waals surface area (Å²) in [6, 6.07) is 0. The minimum atomic E-state index is -0.0764. The number of fused-ring (bicyclic) bond motifs is 1. The minimum Gasteiger partial charge on any atom is -0.393 e. The van der Waals surface area contributed by atoms with Gasteiger partial charge in [0.05, 0.1) is 6.10 Å². The highest BCUT2D eigenvalue weighted by Gasteiger charge is 2.53. The lowest BCUT2D eigenvalue weighted by atomic mass is 9.62. The van der Waals surface area contributed by atoms with Gasteiger partial charge in [0, 0.05) is 5.41 Å². The first-order chi connectivity index (χ1) is 5.58. The first-order valence-electron chi connectivity index (χ1n) is 4.94. The standard InChI is InChI=1S/C11H18O/c1-10-6-3-4-7-11(10,2)9(12)5-8-10/h3,6,9,12H,4-5,7-8H2,1-2H3/t9-,10-,11+/m0/s1. The quantitative estimate of drug-likeness (QED) is 0.548. The van der Waals surface area contributed by atoms with Crippen molar-refractivity contribution < 1.29 is 5.11 Å². The molecular weight excluding hydrogens is 148 g/mol. The molecule has 0 heterocycles. The van der Waals surface area contributed by atoms with Crippen LogP contribution in [-0.4, -0.2) is 11.2 Å². The van der Waals surface area contributed by atoms with E-state index in [2.05, 4.69) is 26.0 Å². The van der Waals surface area contributed by atoms with Gasteiger partial charge in [-0.3, -0.25) is 0 Å². The van der Waals surface area contributed by atoms with E-state index < -0.39 is 0 Å². The van der Waals surface area contributed by atoms with E-state index in [-0.39, 0.29) is 16.9 Å². The molecule has 0 aromatic carbocycles. The average Bonchev–Trinajstić information content (AvgIpc) is 2.28. The molecule has 1 fully saturated rings. The van der Waals surface area contributed by atoms with Gasteiger partial charge < -0.3 is 5.11 Å². The van der Waals surface area contributed by atoms with Gasteiger partial charge in [0.25, 0.3) is 0 Å². The summed E-state index contributed by atoms with van der Waals surface area (Å²) in [6.45, 7) is 4.53. The van der Waals surface area contributed by atoms with Crippen molar-refractivity contribution in [1.29, 1.82) is 0 Å². The van der Waals surface area contributed by atoms with Crippen LogP contribution in [0.4, 0.5) is 0 Å². The zero-order chi connectivity index (χ0) is 8.82. The predicted octanol–water partition coefficient (Wildman–Crippen LogP) is 2.50. The molecule has 0 spiro atoms. The summed E-state index contributed by atoms with van der Waals surface area (Å²) >= 11 is 0. The summed E-state index contributed by atoms with van der Waals surface area (Å²) in [4.78, 5) is 0. The van der Waals surface area contributed by atoms with Gasteiger partial charge in [-0.25, -0.2) is 0 Å². The highest BCUT2D eigenvalue weighted by atomic mass is 16.3. The number of hydrogen-bond donors (Lipinski definition) is 1. The van der Waals surface area contributed by atoms with E-state index >= 15 is 0 Å². The fraction of sp³-hybridized carbons (Fsp3) is 0.818. The van der Waals surface area contributed by atoms with Crippen LogP contribution in [0.5, 0.6) is 0 Å². The van der Waals surface area contributed by atoms with Gasteiger partial charge in [-0.05, 0) is 31.1 Å². The Morgan fingerprint density at radius 3 is 2.75 bits per heavy atom. The molecule has 0 saturated heterocycles. The summed E-state index contributed by atoms with van der Waals surface area (Å²) in [5.41, 5.74) is 0.423. The second kappa shape index (κ2) is 2.35. The molecule has 1 saturated carbocycles. The molecule has 2 rings (SSSR count). The SMILES string of the molecule is C[C@@]12C=CCC[C@]1(C)[C@@H](O)CC2. The van der Waals surface area contributed by atoms with Crippen molar-refractivity contribution in [2.45, 2.75) is 45.6 Å². The molecule has 0 radical (unpaired) electrons. The largest absolute Gasteiger partial charge is 0.393 e. The topological polar surface area (TPSA) is 20.2 Å². The number of rotatable bonds is 0. The smallest absolute Gasteiger partial charge is 0.0602 e. The van der Waals surface area contributed by atoms with Crippen LogP contribution in [0.1, 0.15) is 39.5 Å². The molecule has 0 bridgehead atoms. The van der Waals surface area contributed by atoms with E-state index in [0.717, 1.165) is 25.7 Å². The molecule has 12 heavy (non-hydrogen) atoms. The van der Waals surface area contributed by atoms with Crippen LogP contribution in [0, 0.1) is 10.8 Å². The Morgan fingerprint density at radius 2 is 2.08 bits per heavy atom. The third-order valence-electron chi connectivity index (χ3n) is 4.29. The van der Waals surface area contributed by atoms with Crippen molar-refractivity contribution in [3.8, 4) is 0 Å². The molecule has 68 valence electrons. The van der Waals surface area contributed by atoms with Crippen molar-refractivity contribution in [2.24, 2.45) is 10.8 Å². The molecule has 1 heteroatoms. The molecule has 0 unspecified atom stereocenters. The zero-order valence-electron chi connectivity index (χ0n) is 8.01. The predicted molar refractivity (Wildman–Crippen MR) is 49.8 cm³/mol. The van der Waals surface area contributed by atoms with E-state index in [0.29, 0.717) is 0 Å². The maximum Gasteiger partial charge on any atom is 0.0602 e. The lowest BCUT2D eigenvalue weighted by Gasteiger charge is -2.43. The molecule has 0 aromatic heterocycles. The van der Waals surface area contributed by atoms with Gasteiger partial charge >= 0.3 is 0 Å². The highest BCUT2D eigenvalue weighted by Crippen LogP contribution is 2.57. The molecule has 0 amide bonds. The van der Waals surface area contributed by atoms with E-state index in [1.165, 1.54) is 0 Å². The van der Waals surface area contributed by atoms with Crippen LogP contribution in [0.15, 0.2) is 12.2 Å². The van der Waals surface area contributed by atoms with Crippen LogP contribution in [0.3, 0.4) is 0 Å². The maximum atomic E-state index is 9.91. The minimum absolute atomic E-state index is 0.0764. The molecule has 0 aromatic rings. The number of allylic oxidation sites excluding steroid dienone is 2. The molecule has 1 N–H and O–H groups in total. The first-order valence-corrected chi connectivity index (χ1v) is 4.94. The summed E-state index contributed by atoms with van der Waals surface area (Å²) in [7, 11) is 0. The number of hydrogen-bond acceptors (Lipinski definition) is 1. The number of aliphatic hydroxyl groups is 1. The Kier molecular flexibility index (Phi) is 1.63. The van der Waals surface area contributed by atoms with Crippen LogP contribution < -0.4 is 0 Å². The summed E-state index contributed by atoms with van der Waals surface area (Å²) in [5.74, 6) is 0. The summed E-state index contributed by atoms with van der Waals surface area (Å²) in [6.07, 6.45) is 8.96. The fourth-order valence-corrected chi connectivity index (χ4v) is 2.87. The van der Waals surface area contributed by atoms with Gasteiger partial charge in [-0.1, -0.05) is 26.0 Å². The number of aliphatic hydroxyl groups excluding tert-OH is 1. The fourth-order valence-electron chi connectivity index (χ4n) is 2.87. The van der Waals surface area contributed by atoms with Crippen LogP contribution >= 0.6 is 0 Å². The van der Waals surface area contributed by atoms with E-state index in [1.807, 2.05) is 0 Å². The third kappa shape index (κ3) is 0.832. The second-order valence-electron chi connectivity index (χ2n) is 4.83. The molecule has 3 atom stereocenters. The van der Waals surface area contributed by atoms with Crippen molar-refractivity contribution in [3.05, 3.63) is 12.2 Å². The summed E-state index contributed by atoms with van der Waals surface area (Å²) < 4.78 is 0. The Bertz CT molecular complexity index is 221. The lowest BCUT2D eigenvalue weighted by Crippen LogP contribution is -2.39. The van der Waals surface area contributed by atoms with Crippen LogP contribution in [0.25, 0.3) is 0 Å². The molecular formula is C11H18O. The average molecular weight is 166 g/mol. The second-order valence-corrected chi connectivity index (χ2v) is 4.83. The van der Waals surface area contributed by atoms with Gasteiger partial charge in [0.2, 0.25) is 0 Å². The van der Waals surface area contributed by atoms with Gasteiger partial charge in [0.15, 0.2) is 0 Å². The first kappa shape index (κ1) is 8.31. The third-order valence-corrected chi connectivity index (χ3v) is 4.29. The van der Waals surface area contributed by atoms with Crippen molar-refractivity contribution in [3.63, 3.8) is 0 Å². The van der Waals surface area contributed by atoms with E-state index in [9.17, 15) is 5.11 Å². The summed E-state index contributed by atoms with van der Waals surface area (Å²) in [5, 5.41) is 9.91.